The van der Waals surface area contributed by atoms with Crippen molar-refractivity contribution in [3.05, 3.63) is 41.9 Å². The topological polar surface area (TPSA) is 18.5 Å². The fraction of sp³-hybridized carbons (Fsp3) is 0.231. The van der Waals surface area contributed by atoms with Crippen molar-refractivity contribution in [3.8, 4) is 11.5 Å². The van der Waals surface area contributed by atoms with Crippen LogP contribution < -0.4 is 9.47 Å². The van der Waals surface area contributed by atoms with E-state index in [4.69, 9.17) is 32.7 Å². The molecule has 1 aliphatic heterocycles. The molecule has 1 atom stereocenters. The second-order valence-electron chi connectivity index (χ2n) is 4.16. The first-order valence-electron chi connectivity index (χ1n) is 5.74. The van der Waals surface area contributed by atoms with Crippen LogP contribution in [-0.2, 0) is 0 Å². The fourth-order valence-electron chi connectivity index (χ4n) is 1.97. The summed E-state index contributed by atoms with van der Waals surface area (Å²) in [5.74, 6) is 1.35. The predicted molar refractivity (Wildman–Crippen MR) is 89.9 cm³/mol. The summed E-state index contributed by atoms with van der Waals surface area (Å²) >= 11 is 21.4. The number of halogens is 4. The first-order valence-corrected chi connectivity index (χ1v) is 8.96. The van der Waals surface area contributed by atoms with Gasteiger partial charge < -0.3 is 9.47 Å². The van der Waals surface area contributed by atoms with Crippen LogP contribution in [0.3, 0.4) is 0 Å². The Morgan fingerprint density at radius 3 is 2.30 bits per heavy atom. The van der Waals surface area contributed by atoms with E-state index in [2.05, 4.69) is 31.9 Å². The molecular formula is C13H8Br2Cl2O2S. The van der Waals surface area contributed by atoms with Crippen molar-refractivity contribution in [1.29, 1.82) is 0 Å². The summed E-state index contributed by atoms with van der Waals surface area (Å²) in [4.78, 5) is 0. The van der Waals surface area contributed by atoms with Gasteiger partial charge in [-0.15, -0.1) is 22.9 Å². The zero-order chi connectivity index (χ0) is 14.3. The van der Waals surface area contributed by atoms with Gasteiger partial charge in [-0.25, -0.2) is 0 Å². The molecule has 0 saturated carbocycles. The third-order valence-corrected chi connectivity index (χ3v) is 6.07. The zero-order valence-corrected chi connectivity index (χ0v) is 15.5. The molecule has 0 radical (unpaired) electrons. The van der Waals surface area contributed by atoms with E-state index in [1.165, 1.54) is 0 Å². The van der Waals surface area contributed by atoms with Crippen LogP contribution in [-0.4, -0.2) is 13.2 Å². The van der Waals surface area contributed by atoms with Crippen LogP contribution in [0, 0.1) is 0 Å². The van der Waals surface area contributed by atoms with E-state index < -0.39 is 0 Å². The lowest BCUT2D eigenvalue weighted by molar-refractivity contribution is 0.171. The lowest BCUT2D eigenvalue weighted by Crippen LogP contribution is -2.15. The minimum absolute atomic E-state index is 0.352. The van der Waals surface area contributed by atoms with Crippen molar-refractivity contribution < 1.29 is 9.47 Å². The molecule has 0 bridgehead atoms. The molecule has 20 heavy (non-hydrogen) atoms. The third kappa shape index (κ3) is 2.83. The second-order valence-corrected chi connectivity index (χ2v) is 8.75. The molecule has 0 spiro atoms. The van der Waals surface area contributed by atoms with E-state index >= 15 is 0 Å². The van der Waals surface area contributed by atoms with Gasteiger partial charge in [-0.05, 0) is 49.6 Å². The van der Waals surface area contributed by atoms with E-state index in [1.54, 1.807) is 17.4 Å². The maximum absolute atomic E-state index is 6.57. The average Bonchev–Trinajstić information content (AvgIpc) is 2.76. The first-order chi connectivity index (χ1) is 9.56. The summed E-state index contributed by atoms with van der Waals surface area (Å²) in [6, 6.07) is 5.60. The Labute approximate surface area is 147 Å². The van der Waals surface area contributed by atoms with Crippen LogP contribution in [0.25, 0.3) is 0 Å². The Bertz CT molecular complexity index is 660. The first kappa shape index (κ1) is 15.0. The summed E-state index contributed by atoms with van der Waals surface area (Å²) in [5, 5.41) is 0.221. The van der Waals surface area contributed by atoms with Crippen LogP contribution in [0.1, 0.15) is 16.5 Å². The lowest BCUT2D eigenvalue weighted by Gasteiger charge is -2.21. The van der Waals surface area contributed by atoms with Gasteiger partial charge in [0.05, 0.1) is 12.9 Å². The van der Waals surface area contributed by atoms with Crippen LogP contribution >= 0.6 is 66.4 Å². The fourth-order valence-corrected chi connectivity index (χ4v) is 5.74. The minimum Gasteiger partial charge on any atom is -0.486 e. The van der Waals surface area contributed by atoms with Gasteiger partial charge in [-0.1, -0.05) is 11.6 Å². The normalized spacial score (nSPS) is 15.2. The molecular weight excluding hydrogens is 451 g/mol. The van der Waals surface area contributed by atoms with Crippen molar-refractivity contribution in [2.45, 2.75) is 5.38 Å². The Hall–Kier alpha value is 0.0600. The number of rotatable bonds is 2. The molecule has 2 heterocycles. The van der Waals surface area contributed by atoms with Gasteiger partial charge in [-0.2, -0.15) is 0 Å². The molecule has 1 aromatic carbocycles. The molecule has 3 rings (SSSR count). The van der Waals surface area contributed by atoms with Crippen molar-refractivity contribution in [2.24, 2.45) is 0 Å². The Kier molecular flexibility index (Phi) is 4.53. The van der Waals surface area contributed by atoms with Crippen molar-refractivity contribution in [1.82, 2.24) is 0 Å². The van der Waals surface area contributed by atoms with Crippen LogP contribution in [0.15, 0.2) is 25.8 Å². The molecule has 2 nitrogen and oxygen atoms in total. The summed E-state index contributed by atoms with van der Waals surface area (Å²) in [6.07, 6.45) is 0. The number of ether oxygens (including phenoxy) is 2. The standard InChI is InChI=1S/C13H8Br2Cl2O2S/c14-11-4-7(13(15)20-11)12(17)6-3-9-10(5-8(6)16)19-2-1-18-9/h3-5,12H,1-2H2. The molecule has 1 aromatic heterocycles. The Morgan fingerprint density at radius 1 is 1.05 bits per heavy atom. The highest BCUT2D eigenvalue weighted by Crippen LogP contribution is 2.45. The lowest BCUT2D eigenvalue weighted by atomic mass is 10.1. The maximum Gasteiger partial charge on any atom is 0.162 e. The number of benzene rings is 1. The van der Waals surface area contributed by atoms with Crippen LogP contribution in [0.5, 0.6) is 11.5 Å². The molecule has 0 amide bonds. The van der Waals surface area contributed by atoms with Gasteiger partial charge in [0.15, 0.2) is 11.5 Å². The van der Waals surface area contributed by atoms with E-state index in [0.717, 1.165) is 18.7 Å². The highest BCUT2D eigenvalue weighted by molar-refractivity contribution is 9.12. The van der Waals surface area contributed by atoms with Gasteiger partial charge >= 0.3 is 0 Å². The van der Waals surface area contributed by atoms with E-state index in [-0.39, 0.29) is 5.38 Å². The third-order valence-electron chi connectivity index (χ3n) is 2.89. The minimum atomic E-state index is -0.352. The van der Waals surface area contributed by atoms with Crippen LogP contribution in [0.2, 0.25) is 5.02 Å². The van der Waals surface area contributed by atoms with Gasteiger partial charge in [0.1, 0.15) is 13.2 Å². The maximum atomic E-state index is 6.57. The molecule has 7 heteroatoms. The number of thiophene rings is 1. The van der Waals surface area contributed by atoms with Crippen LogP contribution in [0.4, 0.5) is 0 Å². The molecule has 0 N–H and O–H groups in total. The highest BCUT2D eigenvalue weighted by atomic mass is 79.9. The summed E-state index contributed by atoms with van der Waals surface area (Å²) < 4.78 is 13.1. The monoisotopic (exact) mass is 456 g/mol. The molecule has 0 fully saturated rings. The number of fused-ring (bicyclic) bond motifs is 1. The Balaban J connectivity index is 2.03. The van der Waals surface area contributed by atoms with Gasteiger partial charge in [0.25, 0.3) is 0 Å². The van der Waals surface area contributed by atoms with E-state index in [0.29, 0.717) is 29.7 Å². The van der Waals surface area contributed by atoms with Crippen molar-refractivity contribution in [2.75, 3.05) is 13.2 Å². The molecule has 0 aliphatic carbocycles. The molecule has 0 saturated heterocycles. The highest BCUT2D eigenvalue weighted by Gasteiger charge is 2.23. The molecule has 1 unspecified atom stereocenters. The SMILES string of the molecule is Clc1cc2c(cc1C(Cl)c1cc(Br)sc1Br)OCCO2. The van der Waals surface area contributed by atoms with Gasteiger partial charge in [0, 0.05) is 16.7 Å². The smallest absolute Gasteiger partial charge is 0.162 e. The summed E-state index contributed by atoms with van der Waals surface area (Å²) in [7, 11) is 0. The number of hydrogen-bond acceptors (Lipinski definition) is 3. The average molecular weight is 459 g/mol. The quantitative estimate of drug-likeness (QED) is 0.512. The molecule has 1 aliphatic rings. The number of alkyl halides is 1. The molecule has 106 valence electrons. The van der Waals surface area contributed by atoms with Crippen molar-refractivity contribution >= 4 is 66.4 Å². The van der Waals surface area contributed by atoms with Gasteiger partial charge in [0.2, 0.25) is 0 Å². The number of hydrogen-bond donors (Lipinski definition) is 0. The molecule has 2 aromatic rings. The van der Waals surface area contributed by atoms with Gasteiger partial charge in [-0.3, -0.25) is 0 Å². The van der Waals surface area contributed by atoms with E-state index in [1.807, 2.05) is 12.1 Å². The van der Waals surface area contributed by atoms with E-state index in [9.17, 15) is 0 Å². The van der Waals surface area contributed by atoms with Crippen molar-refractivity contribution in [3.63, 3.8) is 0 Å². The summed E-state index contributed by atoms with van der Waals surface area (Å²) in [6.45, 7) is 1.07. The Morgan fingerprint density at radius 2 is 1.70 bits per heavy atom. The predicted octanol–water partition coefficient (Wildman–Crippen LogP) is 6.03. The largest absolute Gasteiger partial charge is 0.486 e. The zero-order valence-electron chi connectivity index (χ0n) is 9.96. The second kappa shape index (κ2) is 6.05. The summed E-state index contributed by atoms with van der Waals surface area (Å²) in [5.41, 5.74) is 1.78.